The van der Waals surface area contributed by atoms with Crippen molar-refractivity contribution in [3.8, 4) is 0 Å². The highest BCUT2D eigenvalue weighted by molar-refractivity contribution is 5.73. The first-order chi connectivity index (χ1) is 5.93. The second kappa shape index (κ2) is 5.05. The van der Waals surface area contributed by atoms with E-state index in [1.165, 1.54) is 0 Å². The Morgan fingerprint density at radius 2 is 2.08 bits per heavy atom. The van der Waals surface area contributed by atoms with Gasteiger partial charge in [-0.15, -0.1) is 6.58 Å². The largest absolute Gasteiger partial charge is 0.466 e. The number of ether oxygens (including phenoxy) is 1. The molecule has 0 fully saturated rings. The quantitative estimate of drug-likeness (QED) is 0.496. The monoisotopic (exact) mass is 184 g/mol. The number of carbonyl (C=O) groups is 1. The summed E-state index contributed by atoms with van der Waals surface area (Å²) in [5.74, 6) is -0.195. The van der Waals surface area contributed by atoms with Crippen LogP contribution >= 0.6 is 0 Å². The molecule has 1 unspecified atom stereocenters. The molecule has 0 aromatic heterocycles. The van der Waals surface area contributed by atoms with Crippen molar-refractivity contribution in [3.05, 3.63) is 12.7 Å². The van der Waals surface area contributed by atoms with Crippen LogP contribution in [0.5, 0.6) is 0 Å². The summed E-state index contributed by atoms with van der Waals surface area (Å²) in [5.41, 5.74) is -0.0551. The third-order valence-electron chi connectivity index (χ3n) is 2.02. The van der Waals surface area contributed by atoms with Gasteiger partial charge in [-0.3, -0.25) is 4.79 Å². The van der Waals surface area contributed by atoms with Crippen LogP contribution in [-0.2, 0) is 9.53 Å². The van der Waals surface area contributed by atoms with Crippen LogP contribution in [0.2, 0.25) is 0 Å². The van der Waals surface area contributed by atoms with E-state index in [0.717, 1.165) is 0 Å². The third kappa shape index (κ3) is 4.11. The van der Waals surface area contributed by atoms with Gasteiger partial charge in [-0.1, -0.05) is 26.8 Å². The predicted octanol–water partition coefficient (Wildman–Crippen LogP) is 2.79. The lowest BCUT2D eigenvalue weighted by Crippen LogP contribution is -2.29. The fourth-order valence-electron chi connectivity index (χ4n) is 1.21. The molecule has 0 N–H and O–H groups in total. The molecule has 0 rings (SSSR count). The molecule has 0 heterocycles. The van der Waals surface area contributed by atoms with E-state index in [-0.39, 0.29) is 17.3 Å². The third-order valence-corrected chi connectivity index (χ3v) is 2.02. The van der Waals surface area contributed by atoms with Gasteiger partial charge in [0.15, 0.2) is 0 Å². The average Bonchev–Trinajstić information content (AvgIpc) is 1.98. The van der Waals surface area contributed by atoms with Gasteiger partial charge in [-0.25, -0.2) is 0 Å². The Labute approximate surface area is 81.0 Å². The van der Waals surface area contributed by atoms with E-state index >= 15 is 0 Å². The maximum atomic E-state index is 11.5. The first-order valence-electron chi connectivity index (χ1n) is 4.71. The van der Waals surface area contributed by atoms with Crippen LogP contribution in [0.15, 0.2) is 12.7 Å². The minimum atomic E-state index is -0.116. The molecule has 13 heavy (non-hydrogen) atoms. The molecule has 2 heteroatoms. The van der Waals surface area contributed by atoms with Gasteiger partial charge >= 0.3 is 5.97 Å². The fourth-order valence-corrected chi connectivity index (χ4v) is 1.21. The van der Waals surface area contributed by atoms with Gasteiger partial charge in [0.05, 0.1) is 12.5 Å². The lowest BCUT2D eigenvalue weighted by Gasteiger charge is -2.27. The van der Waals surface area contributed by atoms with Gasteiger partial charge in [0, 0.05) is 0 Å². The minimum Gasteiger partial charge on any atom is -0.466 e. The SMILES string of the molecule is C=CCC(C(=O)OCC)C(C)(C)C. The zero-order valence-electron chi connectivity index (χ0n) is 9.09. The first kappa shape index (κ1) is 12.2. The number of esters is 1. The van der Waals surface area contributed by atoms with E-state index in [1.807, 2.05) is 27.7 Å². The Hall–Kier alpha value is -0.790. The van der Waals surface area contributed by atoms with Crippen molar-refractivity contribution < 1.29 is 9.53 Å². The molecule has 0 saturated carbocycles. The van der Waals surface area contributed by atoms with Crippen molar-refractivity contribution in [1.82, 2.24) is 0 Å². The Morgan fingerprint density at radius 1 is 1.54 bits per heavy atom. The Balaban J connectivity index is 4.41. The minimum absolute atomic E-state index is 0.0551. The lowest BCUT2D eigenvalue weighted by atomic mass is 9.79. The molecule has 0 radical (unpaired) electrons. The van der Waals surface area contributed by atoms with Gasteiger partial charge < -0.3 is 4.74 Å². The Bertz CT molecular complexity index is 177. The average molecular weight is 184 g/mol. The van der Waals surface area contributed by atoms with E-state index in [1.54, 1.807) is 6.08 Å². The number of hydrogen-bond donors (Lipinski definition) is 0. The molecule has 0 aromatic carbocycles. The number of carbonyl (C=O) groups excluding carboxylic acids is 1. The molecule has 2 nitrogen and oxygen atoms in total. The molecule has 0 saturated heterocycles. The van der Waals surface area contributed by atoms with Gasteiger partial charge in [0.25, 0.3) is 0 Å². The van der Waals surface area contributed by atoms with E-state index in [2.05, 4.69) is 6.58 Å². The molecule has 1 atom stereocenters. The Morgan fingerprint density at radius 3 is 2.38 bits per heavy atom. The second-order valence-corrected chi connectivity index (χ2v) is 4.20. The first-order valence-corrected chi connectivity index (χ1v) is 4.71. The van der Waals surface area contributed by atoms with Crippen molar-refractivity contribution in [3.63, 3.8) is 0 Å². The van der Waals surface area contributed by atoms with Crippen molar-refractivity contribution in [2.24, 2.45) is 11.3 Å². The van der Waals surface area contributed by atoms with Crippen LogP contribution in [0.4, 0.5) is 0 Å². The van der Waals surface area contributed by atoms with Crippen LogP contribution < -0.4 is 0 Å². The normalized spacial score (nSPS) is 13.5. The molecule has 0 spiro atoms. The summed E-state index contributed by atoms with van der Waals surface area (Å²) in [5, 5.41) is 0. The van der Waals surface area contributed by atoms with Crippen LogP contribution in [-0.4, -0.2) is 12.6 Å². The Kier molecular flexibility index (Phi) is 4.74. The standard InChI is InChI=1S/C11H20O2/c1-6-8-9(11(3,4)5)10(12)13-7-2/h6,9H,1,7-8H2,2-5H3. The fraction of sp³-hybridized carbons (Fsp3) is 0.727. The summed E-state index contributed by atoms with van der Waals surface area (Å²) in [6, 6.07) is 0. The molecule has 0 aromatic rings. The van der Waals surface area contributed by atoms with Crippen molar-refractivity contribution >= 4 is 5.97 Å². The number of allylic oxidation sites excluding steroid dienone is 1. The molecule has 76 valence electrons. The zero-order chi connectivity index (χ0) is 10.5. The molecule has 0 aliphatic carbocycles. The van der Waals surface area contributed by atoms with Crippen molar-refractivity contribution in [1.29, 1.82) is 0 Å². The van der Waals surface area contributed by atoms with Gasteiger partial charge in [0.1, 0.15) is 0 Å². The van der Waals surface area contributed by atoms with Crippen LogP contribution in [0.25, 0.3) is 0 Å². The highest BCUT2D eigenvalue weighted by atomic mass is 16.5. The number of rotatable bonds is 4. The maximum Gasteiger partial charge on any atom is 0.309 e. The zero-order valence-corrected chi connectivity index (χ0v) is 9.09. The summed E-state index contributed by atoms with van der Waals surface area (Å²) in [6.07, 6.45) is 2.45. The van der Waals surface area contributed by atoms with Crippen molar-refractivity contribution in [2.75, 3.05) is 6.61 Å². The van der Waals surface area contributed by atoms with Crippen molar-refractivity contribution in [2.45, 2.75) is 34.1 Å². The van der Waals surface area contributed by atoms with E-state index in [9.17, 15) is 4.79 Å². The van der Waals surface area contributed by atoms with Gasteiger partial charge in [-0.2, -0.15) is 0 Å². The maximum absolute atomic E-state index is 11.5. The molecule has 0 bridgehead atoms. The molecule has 0 aliphatic heterocycles. The van der Waals surface area contributed by atoms with Crippen LogP contribution in [0.3, 0.4) is 0 Å². The van der Waals surface area contributed by atoms with Crippen LogP contribution in [0.1, 0.15) is 34.1 Å². The summed E-state index contributed by atoms with van der Waals surface area (Å²) in [6.45, 7) is 12.0. The molecule has 0 amide bonds. The lowest BCUT2D eigenvalue weighted by molar-refractivity contribution is -0.151. The van der Waals surface area contributed by atoms with Gasteiger partial charge in [-0.05, 0) is 18.8 Å². The summed E-state index contributed by atoms with van der Waals surface area (Å²) in [7, 11) is 0. The second-order valence-electron chi connectivity index (χ2n) is 4.20. The summed E-state index contributed by atoms with van der Waals surface area (Å²) in [4.78, 5) is 11.5. The molecular weight excluding hydrogens is 164 g/mol. The van der Waals surface area contributed by atoms with E-state index in [4.69, 9.17) is 4.74 Å². The van der Waals surface area contributed by atoms with Gasteiger partial charge in [0.2, 0.25) is 0 Å². The van der Waals surface area contributed by atoms with E-state index < -0.39 is 0 Å². The summed E-state index contributed by atoms with van der Waals surface area (Å²) >= 11 is 0. The summed E-state index contributed by atoms with van der Waals surface area (Å²) < 4.78 is 5.00. The highest BCUT2D eigenvalue weighted by Crippen LogP contribution is 2.29. The number of hydrogen-bond acceptors (Lipinski definition) is 2. The molecular formula is C11H20O2. The molecule has 0 aliphatic rings. The van der Waals surface area contributed by atoms with Crippen LogP contribution in [0, 0.1) is 11.3 Å². The topological polar surface area (TPSA) is 26.3 Å². The highest BCUT2D eigenvalue weighted by Gasteiger charge is 2.30. The predicted molar refractivity (Wildman–Crippen MR) is 54.4 cm³/mol. The smallest absolute Gasteiger partial charge is 0.309 e. The van der Waals surface area contributed by atoms with E-state index in [0.29, 0.717) is 13.0 Å².